The lowest BCUT2D eigenvalue weighted by Gasteiger charge is -2.15. The number of nitrogens with zero attached hydrogens (tertiary/aromatic N) is 1. The van der Waals surface area contributed by atoms with Gasteiger partial charge >= 0.3 is 0 Å². The van der Waals surface area contributed by atoms with Gasteiger partial charge in [0.25, 0.3) is 0 Å². The topological polar surface area (TPSA) is 20.7 Å². The number of hydrogen-bond acceptors (Lipinski definition) is 1. The summed E-state index contributed by atoms with van der Waals surface area (Å²) in [6, 6.07) is 16.5. The highest BCUT2D eigenvalue weighted by Gasteiger charge is 2.13. The fourth-order valence-corrected chi connectivity index (χ4v) is 3.25. The lowest BCUT2D eigenvalue weighted by atomic mass is 10.1. The molecule has 0 aliphatic rings. The van der Waals surface area contributed by atoms with E-state index in [0.717, 1.165) is 27.2 Å². The first-order valence-electron chi connectivity index (χ1n) is 6.59. The maximum absolute atomic E-state index is 6.34. The zero-order valence-electron chi connectivity index (χ0n) is 11.1. The molecule has 0 saturated carbocycles. The SMILES string of the molecule is CC(Cc1ccccc1)n1c(=S)[nH]c2cccc(Cl)c21. The largest absolute Gasteiger partial charge is 0.331 e. The molecular formula is C16H15ClN2S. The number of aromatic amines is 1. The fraction of sp³-hybridized carbons (Fsp3) is 0.188. The Labute approximate surface area is 128 Å². The fourth-order valence-electron chi connectivity index (χ4n) is 2.61. The molecule has 0 amide bonds. The van der Waals surface area contributed by atoms with Crippen molar-refractivity contribution in [2.45, 2.75) is 19.4 Å². The Hall–Kier alpha value is -1.58. The van der Waals surface area contributed by atoms with Crippen molar-refractivity contribution in [1.29, 1.82) is 0 Å². The Kier molecular flexibility index (Phi) is 3.64. The molecule has 0 bridgehead atoms. The number of halogens is 1. The first-order chi connectivity index (χ1) is 9.66. The van der Waals surface area contributed by atoms with Gasteiger partial charge in [-0.05, 0) is 43.3 Å². The number of fused-ring (bicyclic) bond motifs is 1. The van der Waals surface area contributed by atoms with E-state index >= 15 is 0 Å². The van der Waals surface area contributed by atoms with Crippen molar-refractivity contribution in [3.05, 3.63) is 63.9 Å². The van der Waals surface area contributed by atoms with Gasteiger partial charge < -0.3 is 9.55 Å². The standard InChI is InChI=1S/C16H15ClN2S/c1-11(10-12-6-3-2-4-7-12)19-15-13(17)8-5-9-14(15)18-16(19)20/h2-9,11H,10H2,1H3,(H,18,20). The number of benzene rings is 2. The van der Waals surface area contributed by atoms with E-state index in [2.05, 4.69) is 40.7 Å². The maximum Gasteiger partial charge on any atom is 0.178 e. The van der Waals surface area contributed by atoms with Gasteiger partial charge in [0.15, 0.2) is 4.77 Å². The molecule has 4 heteroatoms. The summed E-state index contributed by atoms with van der Waals surface area (Å²) < 4.78 is 2.83. The number of para-hydroxylation sites is 1. The van der Waals surface area contributed by atoms with E-state index in [1.165, 1.54) is 5.56 Å². The quantitative estimate of drug-likeness (QED) is 0.663. The summed E-state index contributed by atoms with van der Waals surface area (Å²) in [6.07, 6.45) is 0.924. The zero-order valence-corrected chi connectivity index (χ0v) is 12.7. The van der Waals surface area contributed by atoms with Crippen LogP contribution in [-0.4, -0.2) is 9.55 Å². The van der Waals surface area contributed by atoms with Gasteiger partial charge in [-0.2, -0.15) is 0 Å². The molecule has 1 heterocycles. The first kappa shape index (κ1) is 13.4. The summed E-state index contributed by atoms with van der Waals surface area (Å²) in [5.41, 5.74) is 3.27. The van der Waals surface area contributed by atoms with E-state index in [9.17, 15) is 0 Å². The average molecular weight is 303 g/mol. The second-order valence-electron chi connectivity index (χ2n) is 4.97. The number of imidazole rings is 1. The monoisotopic (exact) mass is 302 g/mol. The van der Waals surface area contributed by atoms with Gasteiger partial charge in [0, 0.05) is 6.04 Å². The zero-order chi connectivity index (χ0) is 14.1. The van der Waals surface area contributed by atoms with E-state index in [1.807, 2.05) is 24.3 Å². The van der Waals surface area contributed by atoms with Crippen LogP contribution < -0.4 is 0 Å². The molecule has 1 unspecified atom stereocenters. The van der Waals surface area contributed by atoms with E-state index in [-0.39, 0.29) is 6.04 Å². The normalized spacial score (nSPS) is 12.7. The van der Waals surface area contributed by atoms with Crippen molar-refractivity contribution >= 4 is 34.9 Å². The van der Waals surface area contributed by atoms with Crippen LogP contribution in [0.1, 0.15) is 18.5 Å². The van der Waals surface area contributed by atoms with Crippen LogP contribution in [0.25, 0.3) is 11.0 Å². The lowest BCUT2D eigenvalue weighted by Crippen LogP contribution is -2.08. The van der Waals surface area contributed by atoms with Gasteiger partial charge in [0.1, 0.15) is 0 Å². The second kappa shape index (κ2) is 5.43. The molecule has 2 aromatic carbocycles. The molecule has 2 nitrogen and oxygen atoms in total. The van der Waals surface area contributed by atoms with Crippen LogP contribution in [0.4, 0.5) is 0 Å². The highest BCUT2D eigenvalue weighted by molar-refractivity contribution is 7.71. The highest BCUT2D eigenvalue weighted by Crippen LogP contribution is 2.27. The molecule has 0 radical (unpaired) electrons. The summed E-state index contributed by atoms with van der Waals surface area (Å²) in [5, 5.41) is 0.731. The number of hydrogen-bond donors (Lipinski definition) is 1. The molecule has 102 valence electrons. The van der Waals surface area contributed by atoms with Crippen LogP contribution in [-0.2, 0) is 6.42 Å². The third-order valence-electron chi connectivity index (χ3n) is 3.50. The Bertz CT molecular complexity index is 789. The maximum atomic E-state index is 6.34. The van der Waals surface area contributed by atoms with Crippen molar-refractivity contribution in [3.8, 4) is 0 Å². The van der Waals surface area contributed by atoms with Crippen molar-refractivity contribution in [2.75, 3.05) is 0 Å². The molecule has 3 aromatic rings. The lowest BCUT2D eigenvalue weighted by molar-refractivity contribution is 0.553. The van der Waals surface area contributed by atoms with E-state index < -0.39 is 0 Å². The third-order valence-corrected chi connectivity index (χ3v) is 4.11. The van der Waals surface area contributed by atoms with Crippen molar-refractivity contribution in [2.24, 2.45) is 0 Å². The van der Waals surface area contributed by atoms with E-state index in [4.69, 9.17) is 23.8 Å². The predicted octanol–water partition coefficient (Wildman–Crippen LogP) is 5.16. The molecule has 0 aliphatic heterocycles. The second-order valence-corrected chi connectivity index (χ2v) is 5.77. The van der Waals surface area contributed by atoms with Crippen LogP contribution in [0.5, 0.6) is 0 Å². The molecule has 1 aromatic heterocycles. The van der Waals surface area contributed by atoms with Gasteiger partial charge in [0.05, 0.1) is 16.1 Å². The summed E-state index contributed by atoms with van der Waals surface area (Å²) in [7, 11) is 0. The predicted molar refractivity (Wildman–Crippen MR) is 87.0 cm³/mol. The van der Waals surface area contributed by atoms with Gasteiger partial charge in [-0.25, -0.2) is 0 Å². The molecule has 20 heavy (non-hydrogen) atoms. The minimum Gasteiger partial charge on any atom is -0.331 e. The Morgan fingerprint density at radius 1 is 1.15 bits per heavy atom. The molecule has 0 aliphatic carbocycles. The number of H-pyrrole nitrogens is 1. The van der Waals surface area contributed by atoms with Crippen molar-refractivity contribution in [3.63, 3.8) is 0 Å². The minimum absolute atomic E-state index is 0.249. The number of nitrogens with one attached hydrogen (secondary N) is 1. The van der Waals surface area contributed by atoms with Gasteiger partial charge in [-0.3, -0.25) is 0 Å². The Morgan fingerprint density at radius 3 is 2.65 bits per heavy atom. The average Bonchev–Trinajstić information content (AvgIpc) is 2.77. The molecular weight excluding hydrogens is 288 g/mol. The van der Waals surface area contributed by atoms with E-state index in [0.29, 0.717) is 0 Å². The van der Waals surface area contributed by atoms with Crippen LogP contribution in [0.15, 0.2) is 48.5 Å². The summed E-state index contributed by atoms with van der Waals surface area (Å²) in [4.78, 5) is 3.23. The van der Waals surface area contributed by atoms with Crippen molar-refractivity contribution < 1.29 is 0 Å². The number of aromatic nitrogens is 2. The third kappa shape index (κ3) is 2.39. The van der Waals surface area contributed by atoms with Crippen molar-refractivity contribution in [1.82, 2.24) is 9.55 Å². The van der Waals surface area contributed by atoms with Gasteiger partial charge in [0.2, 0.25) is 0 Å². The van der Waals surface area contributed by atoms with Gasteiger partial charge in [-0.1, -0.05) is 48.0 Å². The molecule has 1 N–H and O–H groups in total. The molecule has 0 spiro atoms. The van der Waals surface area contributed by atoms with Crippen LogP contribution in [0.2, 0.25) is 5.02 Å². The molecule has 0 saturated heterocycles. The smallest absolute Gasteiger partial charge is 0.178 e. The first-order valence-corrected chi connectivity index (χ1v) is 7.38. The Balaban J connectivity index is 2.06. The number of rotatable bonds is 3. The Morgan fingerprint density at radius 2 is 1.90 bits per heavy atom. The molecule has 1 atom stereocenters. The summed E-state index contributed by atoms with van der Waals surface area (Å²) in [6.45, 7) is 2.17. The molecule has 0 fully saturated rings. The highest BCUT2D eigenvalue weighted by atomic mass is 35.5. The molecule has 3 rings (SSSR count). The minimum atomic E-state index is 0.249. The summed E-state index contributed by atoms with van der Waals surface area (Å²) in [5.74, 6) is 0. The van der Waals surface area contributed by atoms with Crippen LogP contribution >= 0.6 is 23.8 Å². The van der Waals surface area contributed by atoms with Crippen LogP contribution in [0.3, 0.4) is 0 Å². The van der Waals surface area contributed by atoms with E-state index in [1.54, 1.807) is 0 Å². The van der Waals surface area contributed by atoms with Gasteiger partial charge in [-0.15, -0.1) is 0 Å². The summed E-state index contributed by atoms with van der Waals surface area (Å²) >= 11 is 11.8. The van der Waals surface area contributed by atoms with Crippen LogP contribution in [0, 0.1) is 4.77 Å².